The van der Waals surface area contributed by atoms with Gasteiger partial charge in [0.05, 0.1) is 25.4 Å². The van der Waals surface area contributed by atoms with Crippen LogP contribution >= 0.6 is 0 Å². The topological polar surface area (TPSA) is 154 Å². The van der Waals surface area contributed by atoms with E-state index in [2.05, 4.69) is 41.6 Å². The molecule has 11 nitrogen and oxygen atoms in total. The Labute approximate surface area is 181 Å². The van der Waals surface area contributed by atoms with Gasteiger partial charge in [-0.05, 0) is 41.5 Å². The predicted molar refractivity (Wildman–Crippen MR) is 109 cm³/mol. The van der Waals surface area contributed by atoms with Crippen LogP contribution in [0.5, 0.6) is 0 Å². The normalized spacial score (nSPS) is 29.8. The van der Waals surface area contributed by atoms with Crippen LogP contribution in [0.4, 0.5) is 4.39 Å². The molecule has 1 saturated heterocycles. The first-order valence-corrected chi connectivity index (χ1v) is 11.8. The maximum atomic E-state index is 13.6. The second kappa shape index (κ2) is 9.54. The number of carbonyl (C=O) groups excluding carboxylic acids is 1. The molecule has 1 saturated carbocycles. The lowest BCUT2D eigenvalue weighted by atomic mass is 9.71. The van der Waals surface area contributed by atoms with Crippen molar-refractivity contribution >= 4 is 16.0 Å². The summed E-state index contributed by atoms with van der Waals surface area (Å²) in [6.45, 7) is 7.38. The minimum absolute atomic E-state index is 0.0147. The highest BCUT2D eigenvalue weighted by Gasteiger charge is 2.51. The molecule has 0 bridgehead atoms. The van der Waals surface area contributed by atoms with E-state index < -0.39 is 22.3 Å². The predicted octanol–water partition coefficient (Wildman–Crippen LogP) is 0.424. The highest BCUT2D eigenvalue weighted by molar-refractivity contribution is 7.85. The van der Waals surface area contributed by atoms with Crippen molar-refractivity contribution < 1.29 is 22.2 Å². The summed E-state index contributed by atoms with van der Waals surface area (Å²) in [5, 5.41) is 23.9. The van der Waals surface area contributed by atoms with E-state index in [1.165, 1.54) is 4.90 Å². The Morgan fingerprint density at radius 2 is 2.06 bits per heavy atom. The molecule has 2 unspecified atom stereocenters. The minimum atomic E-state index is -3.67. The Balaban J connectivity index is 0.000000614. The highest BCUT2D eigenvalue weighted by Crippen LogP contribution is 2.50. The number of alkyl halides is 1. The van der Waals surface area contributed by atoms with Crippen molar-refractivity contribution in [1.29, 1.82) is 5.26 Å². The number of nitrogens with zero attached hydrogens (tertiary/aromatic N) is 6. The number of nitrogens with one attached hydrogen (secondary N) is 1. The SMILES string of the molecule is CC1(NCC(=O)N2C[C@@H](F)C[C@H]2C#N)CCC(Cn2cnnn2)C1(C)C.CS(=O)(=O)O. The molecular formula is C18H30FN7O4S. The summed E-state index contributed by atoms with van der Waals surface area (Å²) in [6, 6.07) is 1.37. The average Bonchev–Trinajstić information content (AvgIpc) is 3.34. The zero-order chi connectivity index (χ0) is 23.4. The number of aromatic nitrogens is 4. The van der Waals surface area contributed by atoms with E-state index >= 15 is 0 Å². The van der Waals surface area contributed by atoms with Gasteiger partial charge in [0.15, 0.2) is 0 Å². The summed E-state index contributed by atoms with van der Waals surface area (Å²) in [5.74, 6) is 0.158. The molecule has 2 heterocycles. The maximum absolute atomic E-state index is 13.6. The van der Waals surface area contributed by atoms with E-state index in [1.807, 2.05) is 6.07 Å². The first kappa shape index (κ1) is 25.1. The van der Waals surface area contributed by atoms with Gasteiger partial charge in [0.1, 0.15) is 18.5 Å². The lowest BCUT2D eigenvalue weighted by Gasteiger charge is -2.42. The van der Waals surface area contributed by atoms with Crippen molar-refractivity contribution in [2.24, 2.45) is 11.3 Å². The molecule has 2 aliphatic rings. The molecule has 1 aliphatic carbocycles. The summed E-state index contributed by atoms with van der Waals surface area (Å²) >= 11 is 0. The van der Waals surface area contributed by atoms with Crippen molar-refractivity contribution in [1.82, 2.24) is 30.4 Å². The second-order valence-electron chi connectivity index (χ2n) is 8.93. The number of tetrazole rings is 1. The summed E-state index contributed by atoms with van der Waals surface area (Å²) in [7, 11) is -3.67. The summed E-state index contributed by atoms with van der Waals surface area (Å²) in [5.41, 5.74) is -0.320. The summed E-state index contributed by atoms with van der Waals surface area (Å²) < 4.78 is 41.2. The molecule has 174 valence electrons. The van der Waals surface area contributed by atoms with E-state index in [4.69, 9.17) is 9.81 Å². The zero-order valence-corrected chi connectivity index (χ0v) is 19.0. The fourth-order valence-corrected chi connectivity index (χ4v) is 4.28. The quantitative estimate of drug-likeness (QED) is 0.596. The van der Waals surface area contributed by atoms with Gasteiger partial charge in [-0.1, -0.05) is 13.8 Å². The van der Waals surface area contributed by atoms with Crippen molar-refractivity contribution in [3.05, 3.63) is 6.33 Å². The smallest absolute Gasteiger partial charge is 0.261 e. The third kappa shape index (κ3) is 6.41. The Bertz CT molecular complexity index is 895. The van der Waals surface area contributed by atoms with E-state index in [1.54, 1.807) is 11.0 Å². The average molecular weight is 460 g/mol. The van der Waals surface area contributed by atoms with Gasteiger partial charge >= 0.3 is 0 Å². The van der Waals surface area contributed by atoms with Crippen LogP contribution in [0, 0.1) is 22.7 Å². The van der Waals surface area contributed by atoms with E-state index in [0.717, 1.165) is 19.4 Å². The molecule has 0 aromatic carbocycles. The van der Waals surface area contributed by atoms with Gasteiger partial charge in [-0.25, -0.2) is 9.07 Å². The summed E-state index contributed by atoms with van der Waals surface area (Å²) in [4.78, 5) is 13.9. The number of hydrogen-bond acceptors (Lipinski definition) is 8. The summed E-state index contributed by atoms with van der Waals surface area (Å²) in [6.07, 6.45) is 3.26. The van der Waals surface area contributed by atoms with Gasteiger partial charge in [-0.2, -0.15) is 13.7 Å². The van der Waals surface area contributed by atoms with Crippen molar-refractivity contribution in [2.45, 2.75) is 64.3 Å². The van der Waals surface area contributed by atoms with Crippen LogP contribution in [0.15, 0.2) is 6.33 Å². The van der Waals surface area contributed by atoms with Gasteiger partial charge < -0.3 is 10.2 Å². The molecule has 0 radical (unpaired) electrons. The number of likely N-dealkylation sites (tertiary alicyclic amines) is 1. The molecule has 13 heteroatoms. The van der Waals surface area contributed by atoms with Gasteiger partial charge in [0.2, 0.25) is 5.91 Å². The number of rotatable bonds is 5. The third-order valence-electron chi connectivity index (χ3n) is 6.58. The first-order valence-electron chi connectivity index (χ1n) is 9.98. The number of hydrogen-bond donors (Lipinski definition) is 2. The molecule has 3 rings (SSSR count). The molecule has 31 heavy (non-hydrogen) atoms. The molecule has 1 aromatic rings. The van der Waals surface area contributed by atoms with Gasteiger partial charge in [-0.3, -0.25) is 9.35 Å². The van der Waals surface area contributed by atoms with Gasteiger partial charge in [0.25, 0.3) is 10.1 Å². The monoisotopic (exact) mass is 459 g/mol. The largest absolute Gasteiger partial charge is 0.323 e. The molecule has 2 N–H and O–H groups in total. The van der Waals surface area contributed by atoms with Crippen molar-refractivity contribution in [3.8, 4) is 6.07 Å². The van der Waals surface area contributed by atoms with Gasteiger partial charge in [0, 0.05) is 18.5 Å². The van der Waals surface area contributed by atoms with Crippen LogP contribution in [0.1, 0.15) is 40.0 Å². The number of nitriles is 1. The van der Waals surface area contributed by atoms with Crippen LogP contribution in [0.2, 0.25) is 0 Å². The Morgan fingerprint density at radius 1 is 1.42 bits per heavy atom. The fraction of sp³-hybridized carbons (Fsp3) is 0.833. The molecule has 2 fully saturated rings. The van der Waals surface area contributed by atoms with Gasteiger partial charge in [-0.15, -0.1) is 5.10 Å². The fourth-order valence-electron chi connectivity index (χ4n) is 4.28. The molecule has 1 aromatic heterocycles. The minimum Gasteiger partial charge on any atom is -0.323 e. The Morgan fingerprint density at radius 3 is 2.61 bits per heavy atom. The third-order valence-corrected chi connectivity index (χ3v) is 6.58. The molecule has 0 spiro atoms. The molecule has 4 atom stereocenters. The molecular weight excluding hydrogens is 429 g/mol. The lowest BCUT2D eigenvalue weighted by molar-refractivity contribution is -0.131. The van der Waals surface area contributed by atoms with Crippen molar-refractivity contribution in [3.63, 3.8) is 0 Å². The Hall–Kier alpha value is -2.17. The van der Waals surface area contributed by atoms with Crippen LogP contribution in [0.25, 0.3) is 0 Å². The zero-order valence-electron chi connectivity index (χ0n) is 18.2. The highest BCUT2D eigenvalue weighted by atomic mass is 32.2. The van der Waals surface area contributed by atoms with Crippen LogP contribution < -0.4 is 5.32 Å². The number of halogens is 1. The van der Waals surface area contributed by atoms with E-state index in [9.17, 15) is 17.6 Å². The van der Waals surface area contributed by atoms with Crippen LogP contribution in [-0.2, 0) is 21.5 Å². The molecule has 1 amide bonds. The maximum Gasteiger partial charge on any atom is 0.261 e. The second-order valence-corrected chi connectivity index (χ2v) is 10.4. The van der Waals surface area contributed by atoms with E-state index in [0.29, 0.717) is 12.2 Å². The van der Waals surface area contributed by atoms with E-state index in [-0.39, 0.29) is 36.4 Å². The lowest BCUT2D eigenvalue weighted by Crippen LogP contribution is -2.55. The first-order chi connectivity index (χ1) is 14.3. The van der Waals surface area contributed by atoms with Crippen LogP contribution in [-0.4, -0.2) is 81.1 Å². The standard InChI is InChI=1S/C17H26FN7O.CH4O3S/c1-16(2)12(9-24-11-21-22-23-24)4-5-17(16,3)20-8-15(26)25-10-13(18)6-14(25)7-19;1-5(2,3)4/h11-14,20H,4-6,8-10H2,1-3H3;1H3,(H,2,3,4)/t12?,13-,14-,17?;/m0./s1. The Kier molecular flexibility index (Phi) is 7.72. The number of carbonyl (C=O) groups is 1. The molecule has 1 aliphatic heterocycles. The van der Waals surface area contributed by atoms with Crippen molar-refractivity contribution in [2.75, 3.05) is 19.3 Å². The van der Waals surface area contributed by atoms with Crippen LogP contribution in [0.3, 0.4) is 0 Å². The number of amides is 1.